The molecule has 0 atom stereocenters. The lowest BCUT2D eigenvalue weighted by atomic mass is 10.3. The summed E-state index contributed by atoms with van der Waals surface area (Å²) in [5.74, 6) is 0.949. The zero-order chi connectivity index (χ0) is 10.7. The molecular weight excluding hydrogens is 206 g/mol. The quantitative estimate of drug-likeness (QED) is 0.589. The van der Waals surface area contributed by atoms with Crippen LogP contribution < -0.4 is 5.32 Å². The first-order valence-corrected chi connectivity index (χ1v) is 6.24. The molecular formula is C11H17N3S. The van der Waals surface area contributed by atoms with Crippen LogP contribution in [0.5, 0.6) is 0 Å². The Morgan fingerprint density at radius 2 is 2.53 bits per heavy atom. The van der Waals surface area contributed by atoms with Crippen LogP contribution in [-0.2, 0) is 7.05 Å². The molecule has 0 bridgehead atoms. The van der Waals surface area contributed by atoms with E-state index in [4.69, 9.17) is 0 Å². The predicted molar refractivity (Wildman–Crippen MR) is 64.1 cm³/mol. The molecule has 1 fully saturated rings. The second-order valence-corrected chi connectivity index (χ2v) is 4.96. The lowest BCUT2D eigenvalue weighted by Gasteiger charge is -2.06. The van der Waals surface area contributed by atoms with Gasteiger partial charge in [0.15, 0.2) is 5.16 Å². The molecule has 1 aliphatic rings. The van der Waals surface area contributed by atoms with Gasteiger partial charge in [-0.3, -0.25) is 0 Å². The summed E-state index contributed by atoms with van der Waals surface area (Å²) in [6, 6.07) is 0.764. The first-order valence-electron chi connectivity index (χ1n) is 5.26. The van der Waals surface area contributed by atoms with Crippen molar-refractivity contribution >= 4 is 11.8 Å². The van der Waals surface area contributed by atoms with Gasteiger partial charge < -0.3 is 9.88 Å². The van der Waals surface area contributed by atoms with Gasteiger partial charge in [-0.1, -0.05) is 23.9 Å². The number of nitrogens with zero attached hydrogens (tertiary/aromatic N) is 2. The molecule has 0 aromatic carbocycles. The molecule has 1 saturated carbocycles. The second-order valence-electron chi connectivity index (χ2n) is 4.01. The van der Waals surface area contributed by atoms with E-state index in [0.29, 0.717) is 0 Å². The van der Waals surface area contributed by atoms with Crippen molar-refractivity contribution in [2.75, 3.05) is 12.3 Å². The van der Waals surface area contributed by atoms with Gasteiger partial charge >= 0.3 is 0 Å². The van der Waals surface area contributed by atoms with Crippen LogP contribution in [-0.4, -0.2) is 27.9 Å². The molecule has 1 aromatic rings. The van der Waals surface area contributed by atoms with Gasteiger partial charge in [0.1, 0.15) is 0 Å². The number of hydrogen-bond donors (Lipinski definition) is 1. The first-order chi connectivity index (χ1) is 7.25. The van der Waals surface area contributed by atoms with Crippen LogP contribution in [0.4, 0.5) is 0 Å². The Kier molecular flexibility index (Phi) is 3.49. The molecule has 4 heteroatoms. The fourth-order valence-electron chi connectivity index (χ4n) is 1.28. The topological polar surface area (TPSA) is 29.9 Å². The van der Waals surface area contributed by atoms with Crippen molar-refractivity contribution in [3.8, 4) is 0 Å². The van der Waals surface area contributed by atoms with E-state index in [1.54, 1.807) is 11.8 Å². The standard InChI is InChI=1S/C11H17N3S/c1-9(7-13-10-3-4-10)8-15-11-12-5-6-14(11)2/h5-6,10,13H,1,3-4,7-8H2,2H3. The number of imidazole rings is 1. The summed E-state index contributed by atoms with van der Waals surface area (Å²) in [4.78, 5) is 4.26. The van der Waals surface area contributed by atoms with Gasteiger partial charge in [0, 0.05) is 37.8 Å². The van der Waals surface area contributed by atoms with Gasteiger partial charge in [-0.25, -0.2) is 4.98 Å². The van der Waals surface area contributed by atoms with Crippen molar-refractivity contribution in [2.45, 2.75) is 24.0 Å². The average molecular weight is 223 g/mol. The van der Waals surface area contributed by atoms with Crippen molar-refractivity contribution in [1.29, 1.82) is 0 Å². The minimum atomic E-state index is 0.764. The van der Waals surface area contributed by atoms with E-state index in [-0.39, 0.29) is 0 Å². The third-order valence-electron chi connectivity index (χ3n) is 2.40. The Bertz CT molecular complexity index is 341. The summed E-state index contributed by atoms with van der Waals surface area (Å²) in [7, 11) is 2.01. The molecule has 1 aromatic heterocycles. The largest absolute Gasteiger partial charge is 0.329 e. The third-order valence-corrected chi connectivity index (χ3v) is 3.60. The average Bonchev–Trinajstić information content (AvgIpc) is 2.96. The van der Waals surface area contributed by atoms with Crippen LogP contribution in [0.25, 0.3) is 0 Å². The van der Waals surface area contributed by atoms with Crippen molar-refractivity contribution in [2.24, 2.45) is 7.05 Å². The van der Waals surface area contributed by atoms with Crippen LogP contribution >= 0.6 is 11.8 Å². The minimum Gasteiger partial charge on any atom is -0.329 e. The van der Waals surface area contributed by atoms with Gasteiger partial charge in [-0.15, -0.1) is 0 Å². The third kappa shape index (κ3) is 3.39. The van der Waals surface area contributed by atoms with Gasteiger partial charge in [0.25, 0.3) is 0 Å². The highest BCUT2D eigenvalue weighted by atomic mass is 32.2. The molecule has 0 saturated heterocycles. The molecule has 82 valence electrons. The molecule has 1 aliphatic carbocycles. The number of aromatic nitrogens is 2. The van der Waals surface area contributed by atoms with E-state index in [0.717, 1.165) is 23.5 Å². The summed E-state index contributed by atoms with van der Waals surface area (Å²) in [5, 5.41) is 4.52. The van der Waals surface area contributed by atoms with E-state index in [2.05, 4.69) is 16.9 Å². The van der Waals surface area contributed by atoms with Gasteiger partial charge in [0.2, 0.25) is 0 Å². The highest BCUT2D eigenvalue weighted by Gasteiger charge is 2.19. The summed E-state index contributed by atoms with van der Waals surface area (Å²) in [6.45, 7) is 5.01. The molecule has 0 aliphatic heterocycles. The lowest BCUT2D eigenvalue weighted by molar-refractivity contribution is 0.735. The number of rotatable bonds is 6. The lowest BCUT2D eigenvalue weighted by Crippen LogP contribution is -2.19. The minimum absolute atomic E-state index is 0.764. The molecule has 3 nitrogen and oxygen atoms in total. The van der Waals surface area contributed by atoms with E-state index in [1.165, 1.54) is 18.4 Å². The number of hydrogen-bond acceptors (Lipinski definition) is 3. The maximum absolute atomic E-state index is 4.26. The van der Waals surface area contributed by atoms with Crippen LogP contribution in [0.2, 0.25) is 0 Å². The predicted octanol–water partition coefficient (Wildman–Crippen LogP) is 1.82. The van der Waals surface area contributed by atoms with Crippen molar-refractivity contribution in [3.05, 3.63) is 24.5 Å². The van der Waals surface area contributed by atoms with E-state index in [9.17, 15) is 0 Å². The smallest absolute Gasteiger partial charge is 0.167 e. The highest BCUT2D eigenvalue weighted by molar-refractivity contribution is 7.99. The van der Waals surface area contributed by atoms with Crippen molar-refractivity contribution in [3.63, 3.8) is 0 Å². The van der Waals surface area contributed by atoms with Crippen LogP contribution in [0.15, 0.2) is 29.7 Å². The molecule has 0 amide bonds. The molecule has 15 heavy (non-hydrogen) atoms. The fourth-order valence-corrected chi connectivity index (χ4v) is 2.12. The number of nitrogens with one attached hydrogen (secondary N) is 1. The fraction of sp³-hybridized carbons (Fsp3) is 0.545. The monoisotopic (exact) mass is 223 g/mol. The van der Waals surface area contributed by atoms with E-state index in [1.807, 2.05) is 24.0 Å². The Balaban J connectivity index is 1.68. The Labute approximate surface area is 95.0 Å². The number of aryl methyl sites for hydroxylation is 1. The van der Waals surface area contributed by atoms with Gasteiger partial charge in [0.05, 0.1) is 0 Å². The molecule has 0 radical (unpaired) electrons. The van der Waals surface area contributed by atoms with Gasteiger partial charge in [-0.05, 0) is 12.8 Å². The summed E-state index contributed by atoms with van der Waals surface area (Å²) >= 11 is 1.75. The highest BCUT2D eigenvalue weighted by Crippen LogP contribution is 2.20. The van der Waals surface area contributed by atoms with Crippen molar-refractivity contribution in [1.82, 2.24) is 14.9 Å². The molecule has 1 N–H and O–H groups in total. The molecule has 0 spiro atoms. The normalized spacial score (nSPS) is 15.5. The van der Waals surface area contributed by atoms with Gasteiger partial charge in [-0.2, -0.15) is 0 Å². The molecule has 0 unspecified atom stereocenters. The Morgan fingerprint density at radius 1 is 1.73 bits per heavy atom. The van der Waals surface area contributed by atoms with Crippen LogP contribution in [0, 0.1) is 0 Å². The molecule has 2 rings (SSSR count). The SMILES string of the molecule is C=C(CNC1CC1)CSc1nccn1C. The summed E-state index contributed by atoms with van der Waals surface area (Å²) in [6.07, 6.45) is 6.46. The first kappa shape index (κ1) is 10.8. The van der Waals surface area contributed by atoms with E-state index >= 15 is 0 Å². The Hall–Kier alpha value is -0.740. The second kappa shape index (κ2) is 4.86. The molecule has 1 heterocycles. The van der Waals surface area contributed by atoms with Crippen LogP contribution in [0.1, 0.15) is 12.8 Å². The zero-order valence-corrected chi connectivity index (χ0v) is 9.89. The zero-order valence-electron chi connectivity index (χ0n) is 9.07. The number of thioether (sulfide) groups is 1. The Morgan fingerprint density at radius 3 is 3.13 bits per heavy atom. The van der Waals surface area contributed by atoms with Crippen LogP contribution in [0.3, 0.4) is 0 Å². The summed E-state index contributed by atoms with van der Waals surface area (Å²) in [5.41, 5.74) is 1.25. The summed E-state index contributed by atoms with van der Waals surface area (Å²) < 4.78 is 2.03. The maximum atomic E-state index is 4.26. The maximum Gasteiger partial charge on any atom is 0.167 e. The van der Waals surface area contributed by atoms with E-state index < -0.39 is 0 Å². The van der Waals surface area contributed by atoms with Crippen molar-refractivity contribution < 1.29 is 0 Å².